The van der Waals surface area contributed by atoms with Gasteiger partial charge in [0, 0.05) is 6.07 Å². The highest BCUT2D eigenvalue weighted by molar-refractivity contribution is 5.84. The molecule has 0 unspecified atom stereocenters. The smallest absolute Gasteiger partial charge is 0.409 e. The first kappa shape index (κ1) is 12.0. The van der Waals surface area contributed by atoms with Crippen LogP contribution in [0, 0.1) is 11.6 Å². The Morgan fingerprint density at radius 3 is 2.00 bits per heavy atom. The lowest BCUT2D eigenvalue weighted by atomic mass is 10.2. The normalized spacial score (nSPS) is 9.75. The van der Waals surface area contributed by atoms with Crippen molar-refractivity contribution in [1.82, 2.24) is 0 Å². The van der Waals surface area contributed by atoms with E-state index < -0.39 is 23.4 Å². The topological polar surface area (TPSA) is 67.8 Å². The summed E-state index contributed by atoms with van der Waals surface area (Å²) in [6.45, 7) is 0. The monoisotopic (exact) mass is 233 g/mol. The molecule has 88 valence electrons. The van der Waals surface area contributed by atoms with Gasteiger partial charge in [-0.3, -0.25) is 5.32 Å². The predicted molar refractivity (Wildman–Crippen MR) is 51.1 cm³/mol. The van der Waals surface area contributed by atoms with Gasteiger partial charge in [0.2, 0.25) is 0 Å². The fourth-order valence-corrected chi connectivity index (χ4v) is 1.10. The number of benzene rings is 1. The summed E-state index contributed by atoms with van der Waals surface area (Å²) in [4.78, 5) is 10.3. The largest absolute Gasteiger partial charge is 0.493 e. The number of amides is 1. The van der Waals surface area contributed by atoms with E-state index in [0.717, 1.165) is 6.07 Å². The number of anilines is 1. The van der Waals surface area contributed by atoms with Crippen LogP contribution in [0.5, 0.6) is 11.5 Å². The van der Waals surface area contributed by atoms with E-state index in [9.17, 15) is 13.6 Å². The molecule has 0 bridgehead atoms. The Morgan fingerprint density at radius 1 is 1.25 bits per heavy atom. The number of nitrogens with one attached hydrogen (secondary N) is 1. The molecule has 0 radical (unpaired) electrons. The quantitative estimate of drug-likeness (QED) is 0.838. The van der Waals surface area contributed by atoms with E-state index in [1.807, 2.05) is 0 Å². The summed E-state index contributed by atoms with van der Waals surface area (Å²) in [5.41, 5.74) is -0.830. The van der Waals surface area contributed by atoms with Crippen molar-refractivity contribution in [2.24, 2.45) is 0 Å². The molecule has 5 nitrogen and oxygen atoms in total. The lowest BCUT2D eigenvalue weighted by Crippen LogP contribution is -2.12. The van der Waals surface area contributed by atoms with E-state index in [1.165, 1.54) is 14.2 Å². The Hall–Kier alpha value is -2.05. The molecule has 0 fully saturated rings. The maximum atomic E-state index is 13.5. The highest BCUT2D eigenvalue weighted by atomic mass is 19.1. The van der Waals surface area contributed by atoms with Crippen LogP contribution in [0.25, 0.3) is 0 Å². The molecule has 0 saturated heterocycles. The van der Waals surface area contributed by atoms with Gasteiger partial charge in [-0.05, 0) is 0 Å². The summed E-state index contributed by atoms with van der Waals surface area (Å²) in [6, 6.07) is 0.984. The lowest BCUT2D eigenvalue weighted by Gasteiger charge is -2.11. The van der Waals surface area contributed by atoms with Crippen LogP contribution in [0.3, 0.4) is 0 Å². The van der Waals surface area contributed by atoms with Crippen LogP contribution in [0.4, 0.5) is 19.3 Å². The molecule has 2 N–H and O–H groups in total. The van der Waals surface area contributed by atoms with E-state index >= 15 is 0 Å². The molecular formula is C9H9F2NO4. The van der Waals surface area contributed by atoms with Crippen molar-refractivity contribution in [3.8, 4) is 11.5 Å². The number of halogens is 2. The molecule has 0 heterocycles. The van der Waals surface area contributed by atoms with Crippen molar-refractivity contribution >= 4 is 11.8 Å². The number of carbonyl (C=O) groups is 1. The van der Waals surface area contributed by atoms with Crippen molar-refractivity contribution in [2.75, 3.05) is 19.5 Å². The van der Waals surface area contributed by atoms with Gasteiger partial charge in [0.15, 0.2) is 23.1 Å². The minimum atomic E-state index is -1.59. The van der Waals surface area contributed by atoms with Gasteiger partial charge in [0.25, 0.3) is 0 Å². The van der Waals surface area contributed by atoms with Crippen molar-refractivity contribution in [1.29, 1.82) is 0 Å². The zero-order valence-corrected chi connectivity index (χ0v) is 8.51. The van der Waals surface area contributed by atoms with Crippen molar-refractivity contribution < 1.29 is 28.2 Å². The SMILES string of the molecule is COc1cc(OC)c(F)c(NC(=O)O)c1F. The average molecular weight is 233 g/mol. The minimum absolute atomic E-state index is 0.318. The number of ether oxygens (including phenoxy) is 2. The average Bonchev–Trinajstić information content (AvgIpc) is 2.24. The summed E-state index contributed by atoms with van der Waals surface area (Å²) in [5, 5.41) is 10.0. The standard InChI is InChI=1S/C9H9F2NO4/c1-15-4-3-5(16-2)7(11)8(6(4)10)12-9(13)14/h3,12H,1-2H3,(H,13,14). The predicted octanol–water partition coefficient (Wildman–Crippen LogP) is 2.07. The summed E-state index contributed by atoms with van der Waals surface area (Å²) in [6.07, 6.45) is -1.59. The fourth-order valence-electron chi connectivity index (χ4n) is 1.10. The van der Waals surface area contributed by atoms with Crippen LogP contribution >= 0.6 is 0 Å². The summed E-state index contributed by atoms with van der Waals surface area (Å²) < 4.78 is 36.1. The minimum Gasteiger partial charge on any atom is -0.493 e. The molecule has 0 spiro atoms. The summed E-state index contributed by atoms with van der Waals surface area (Å²) in [7, 11) is 2.33. The second-order valence-corrected chi connectivity index (χ2v) is 2.71. The van der Waals surface area contributed by atoms with Gasteiger partial charge >= 0.3 is 6.09 Å². The molecule has 0 atom stereocenters. The molecule has 1 aromatic carbocycles. The van der Waals surface area contributed by atoms with E-state index in [2.05, 4.69) is 9.47 Å². The van der Waals surface area contributed by atoms with Crippen LogP contribution < -0.4 is 14.8 Å². The van der Waals surface area contributed by atoms with Gasteiger partial charge in [0.05, 0.1) is 14.2 Å². The van der Waals surface area contributed by atoms with Crippen molar-refractivity contribution in [3.05, 3.63) is 17.7 Å². The second kappa shape index (κ2) is 4.65. The van der Waals surface area contributed by atoms with Crippen molar-refractivity contribution in [3.63, 3.8) is 0 Å². The Morgan fingerprint density at radius 2 is 1.69 bits per heavy atom. The number of hydrogen-bond donors (Lipinski definition) is 2. The van der Waals surface area contributed by atoms with Crippen LogP contribution in [0.15, 0.2) is 6.07 Å². The van der Waals surface area contributed by atoms with E-state index in [0.29, 0.717) is 0 Å². The summed E-state index contributed by atoms with van der Waals surface area (Å²) >= 11 is 0. The Bertz CT molecular complexity index is 394. The third kappa shape index (κ3) is 2.13. The number of rotatable bonds is 3. The molecule has 1 rings (SSSR count). The first-order chi connectivity index (χ1) is 7.51. The number of methoxy groups -OCH3 is 2. The summed E-state index contributed by atoms with van der Waals surface area (Å²) in [5.74, 6) is -2.91. The fraction of sp³-hybridized carbons (Fsp3) is 0.222. The molecule has 0 aliphatic heterocycles. The Labute approximate surface area is 89.6 Å². The van der Waals surface area contributed by atoms with Gasteiger partial charge in [-0.1, -0.05) is 0 Å². The van der Waals surface area contributed by atoms with Crippen molar-refractivity contribution in [2.45, 2.75) is 0 Å². The zero-order valence-electron chi connectivity index (χ0n) is 8.51. The number of carboxylic acid groups (broad SMARTS) is 1. The molecule has 0 aliphatic carbocycles. The highest BCUT2D eigenvalue weighted by Crippen LogP contribution is 2.34. The molecule has 1 amide bonds. The third-order valence-electron chi connectivity index (χ3n) is 1.81. The zero-order chi connectivity index (χ0) is 12.3. The van der Waals surface area contributed by atoms with Gasteiger partial charge in [-0.25, -0.2) is 13.6 Å². The van der Waals surface area contributed by atoms with Crippen LogP contribution in [0.1, 0.15) is 0 Å². The maximum Gasteiger partial charge on any atom is 0.409 e. The third-order valence-corrected chi connectivity index (χ3v) is 1.81. The van der Waals surface area contributed by atoms with E-state index in [1.54, 1.807) is 5.32 Å². The molecule has 7 heteroatoms. The number of hydrogen-bond acceptors (Lipinski definition) is 3. The molecule has 0 aromatic heterocycles. The van der Waals surface area contributed by atoms with Gasteiger partial charge in [-0.15, -0.1) is 0 Å². The van der Waals surface area contributed by atoms with Crippen LogP contribution in [0.2, 0.25) is 0 Å². The molecule has 1 aromatic rings. The van der Waals surface area contributed by atoms with E-state index in [4.69, 9.17) is 5.11 Å². The van der Waals surface area contributed by atoms with Crippen LogP contribution in [-0.4, -0.2) is 25.4 Å². The van der Waals surface area contributed by atoms with E-state index in [-0.39, 0.29) is 11.5 Å². The molecular weight excluding hydrogens is 224 g/mol. The Kier molecular flexibility index (Phi) is 3.49. The van der Waals surface area contributed by atoms with Gasteiger partial charge in [-0.2, -0.15) is 0 Å². The Balaban J connectivity index is 3.36. The highest BCUT2D eigenvalue weighted by Gasteiger charge is 2.21. The van der Waals surface area contributed by atoms with Gasteiger partial charge < -0.3 is 14.6 Å². The molecule has 0 saturated carbocycles. The first-order valence-corrected chi connectivity index (χ1v) is 4.11. The first-order valence-electron chi connectivity index (χ1n) is 4.11. The molecule has 0 aliphatic rings. The second-order valence-electron chi connectivity index (χ2n) is 2.71. The lowest BCUT2D eigenvalue weighted by molar-refractivity contribution is 0.209. The maximum absolute atomic E-state index is 13.5. The van der Waals surface area contributed by atoms with Gasteiger partial charge in [0.1, 0.15) is 5.69 Å². The van der Waals surface area contributed by atoms with Crippen LogP contribution in [-0.2, 0) is 0 Å². The molecule has 16 heavy (non-hydrogen) atoms.